The summed E-state index contributed by atoms with van der Waals surface area (Å²) in [5, 5.41) is 2.56. The van der Waals surface area contributed by atoms with E-state index < -0.39 is 20.2 Å². The first-order valence-electron chi connectivity index (χ1n) is 3.88. The summed E-state index contributed by atoms with van der Waals surface area (Å²) in [7, 11) is -3.76. The molecule has 1 rings (SSSR count). The van der Waals surface area contributed by atoms with Crippen molar-refractivity contribution in [3.63, 3.8) is 0 Å². The first-order valence-corrected chi connectivity index (χ1v) is 5.36. The lowest BCUT2D eigenvalue weighted by Gasteiger charge is -2.09. The van der Waals surface area contributed by atoms with Gasteiger partial charge in [-0.1, -0.05) is 6.07 Å². The van der Waals surface area contributed by atoms with Gasteiger partial charge in [0.15, 0.2) is 0 Å². The molecule has 1 N–H and O–H groups in total. The van der Waals surface area contributed by atoms with Crippen molar-refractivity contribution in [2.75, 3.05) is 12.4 Å². The molecule has 7 heteroatoms. The van der Waals surface area contributed by atoms with Crippen LogP contribution in [0.25, 0.3) is 0 Å². The number of hydrogen-bond acceptors (Lipinski definition) is 3. The van der Waals surface area contributed by atoms with Crippen LogP contribution in [0.4, 0.5) is 18.9 Å². The maximum Gasteiger partial charge on any atom is 0.501 e. The zero-order chi connectivity index (χ0) is 11.7. The number of nitrogens with one attached hydrogen (secondary N) is 1. The molecule has 0 heterocycles. The molecular formula is C8H8F3NO2S. The van der Waals surface area contributed by atoms with E-state index in [2.05, 4.69) is 5.32 Å². The van der Waals surface area contributed by atoms with E-state index in [-0.39, 0.29) is 0 Å². The lowest BCUT2D eigenvalue weighted by atomic mass is 10.3. The fourth-order valence-electron chi connectivity index (χ4n) is 0.952. The van der Waals surface area contributed by atoms with Crippen molar-refractivity contribution in [3.8, 4) is 0 Å². The molecule has 1 aromatic carbocycles. The molecule has 0 aliphatic heterocycles. The molecular weight excluding hydrogens is 231 g/mol. The molecule has 0 atom stereocenters. The van der Waals surface area contributed by atoms with Gasteiger partial charge in [-0.3, -0.25) is 0 Å². The van der Waals surface area contributed by atoms with Crippen molar-refractivity contribution in [1.82, 2.24) is 0 Å². The molecule has 0 bridgehead atoms. The third-order valence-corrected chi connectivity index (χ3v) is 3.22. The first kappa shape index (κ1) is 11.8. The molecule has 0 aromatic heterocycles. The molecule has 0 fully saturated rings. The summed E-state index contributed by atoms with van der Waals surface area (Å²) in [6.07, 6.45) is 0. The first-order chi connectivity index (χ1) is 6.79. The minimum atomic E-state index is -5.26. The average Bonchev–Trinajstić information content (AvgIpc) is 2.16. The van der Waals surface area contributed by atoms with Crippen LogP contribution in [0.1, 0.15) is 0 Å². The number of halogens is 3. The highest BCUT2D eigenvalue weighted by molar-refractivity contribution is 7.92. The Morgan fingerprint density at radius 3 is 2.33 bits per heavy atom. The van der Waals surface area contributed by atoms with Gasteiger partial charge in [-0.05, 0) is 18.2 Å². The van der Waals surface area contributed by atoms with Gasteiger partial charge in [-0.25, -0.2) is 8.42 Å². The molecule has 0 amide bonds. The summed E-state index contributed by atoms with van der Waals surface area (Å²) >= 11 is 0. The Balaban J connectivity index is 3.29. The van der Waals surface area contributed by atoms with Crippen molar-refractivity contribution in [2.45, 2.75) is 10.4 Å². The van der Waals surface area contributed by atoms with Crippen LogP contribution in [-0.4, -0.2) is 21.0 Å². The van der Waals surface area contributed by atoms with Crippen molar-refractivity contribution in [2.24, 2.45) is 0 Å². The molecule has 1 aromatic rings. The number of sulfone groups is 1. The number of hydrogen-bond donors (Lipinski definition) is 1. The number of alkyl halides is 3. The minimum Gasteiger partial charge on any atom is -0.388 e. The third-order valence-electron chi connectivity index (χ3n) is 1.74. The molecule has 0 aliphatic carbocycles. The van der Waals surface area contributed by atoms with Crippen LogP contribution < -0.4 is 5.32 Å². The van der Waals surface area contributed by atoms with Gasteiger partial charge in [0.05, 0.1) is 4.90 Å². The summed E-state index contributed by atoms with van der Waals surface area (Å²) in [6.45, 7) is 0. The van der Waals surface area contributed by atoms with Crippen LogP contribution >= 0.6 is 0 Å². The van der Waals surface area contributed by atoms with E-state index in [1.807, 2.05) is 0 Å². The average molecular weight is 239 g/mol. The summed E-state index contributed by atoms with van der Waals surface area (Å²) < 4.78 is 58.4. The number of rotatable bonds is 2. The van der Waals surface area contributed by atoms with Crippen LogP contribution in [0, 0.1) is 0 Å². The van der Waals surface area contributed by atoms with Crippen LogP contribution in [0.2, 0.25) is 0 Å². The standard InChI is InChI=1S/C8H8F3NO2S/c1-12-6-3-2-4-7(5-6)15(13,14)8(9,10)11/h2-5,12H,1H3. The molecule has 84 valence electrons. The second kappa shape index (κ2) is 3.73. The second-order valence-corrected chi connectivity index (χ2v) is 4.67. The molecule has 15 heavy (non-hydrogen) atoms. The van der Waals surface area contributed by atoms with Gasteiger partial charge in [0, 0.05) is 12.7 Å². The van der Waals surface area contributed by atoms with Gasteiger partial charge in [-0.2, -0.15) is 13.2 Å². The van der Waals surface area contributed by atoms with E-state index in [4.69, 9.17) is 0 Å². The second-order valence-electron chi connectivity index (χ2n) is 2.73. The van der Waals surface area contributed by atoms with Crippen LogP contribution in [0.5, 0.6) is 0 Å². The van der Waals surface area contributed by atoms with E-state index in [9.17, 15) is 21.6 Å². The smallest absolute Gasteiger partial charge is 0.388 e. The summed E-state index contributed by atoms with van der Waals surface area (Å²) in [6, 6.07) is 4.55. The van der Waals surface area contributed by atoms with Gasteiger partial charge in [0.2, 0.25) is 0 Å². The monoisotopic (exact) mass is 239 g/mol. The van der Waals surface area contributed by atoms with E-state index in [0.29, 0.717) is 5.69 Å². The quantitative estimate of drug-likeness (QED) is 0.858. The highest BCUT2D eigenvalue weighted by atomic mass is 32.2. The predicted molar refractivity (Wildman–Crippen MR) is 49.2 cm³/mol. The van der Waals surface area contributed by atoms with Crippen molar-refractivity contribution >= 4 is 15.5 Å². The maximum atomic E-state index is 12.1. The Morgan fingerprint density at radius 2 is 1.87 bits per heavy atom. The zero-order valence-corrected chi connectivity index (χ0v) is 8.48. The molecule has 3 nitrogen and oxygen atoms in total. The van der Waals surface area contributed by atoms with Crippen molar-refractivity contribution in [3.05, 3.63) is 24.3 Å². The SMILES string of the molecule is CNc1cccc(S(=O)(=O)C(F)(F)F)c1. The largest absolute Gasteiger partial charge is 0.501 e. The van der Waals surface area contributed by atoms with Crippen LogP contribution in [-0.2, 0) is 9.84 Å². The molecule has 0 aliphatic rings. The van der Waals surface area contributed by atoms with E-state index in [0.717, 1.165) is 12.1 Å². The topological polar surface area (TPSA) is 46.2 Å². The highest BCUT2D eigenvalue weighted by Gasteiger charge is 2.46. The van der Waals surface area contributed by atoms with Gasteiger partial charge in [-0.15, -0.1) is 0 Å². The highest BCUT2D eigenvalue weighted by Crippen LogP contribution is 2.31. The number of anilines is 1. The molecule has 0 saturated heterocycles. The Labute approximate surface area is 84.8 Å². The summed E-state index contributed by atoms with van der Waals surface area (Å²) in [5.74, 6) is 0. The maximum absolute atomic E-state index is 12.1. The van der Waals surface area contributed by atoms with Crippen molar-refractivity contribution in [1.29, 1.82) is 0 Å². The van der Waals surface area contributed by atoms with Gasteiger partial charge in [0.1, 0.15) is 0 Å². The lowest BCUT2D eigenvalue weighted by molar-refractivity contribution is -0.0435. The fraction of sp³-hybridized carbons (Fsp3) is 0.250. The predicted octanol–water partition coefficient (Wildman–Crippen LogP) is 2.02. The molecule has 0 unspecified atom stereocenters. The van der Waals surface area contributed by atoms with Gasteiger partial charge >= 0.3 is 5.51 Å². The Kier molecular flexibility index (Phi) is 2.94. The van der Waals surface area contributed by atoms with Gasteiger partial charge < -0.3 is 5.32 Å². The molecule has 0 saturated carbocycles. The third kappa shape index (κ3) is 2.23. The van der Waals surface area contributed by atoms with Crippen LogP contribution in [0.15, 0.2) is 29.2 Å². The van der Waals surface area contributed by atoms with E-state index in [1.54, 1.807) is 0 Å². The Morgan fingerprint density at radius 1 is 1.27 bits per heavy atom. The fourth-order valence-corrected chi connectivity index (χ4v) is 1.76. The normalized spacial score (nSPS) is 12.5. The summed E-state index contributed by atoms with van der Waals surface area (Å²) in [5.41, 5.74) is -4.96. The van der Waals surface area contributed by atoms with E-state index in [1.165, 1.54) is 19.2 Å². The number of benzene rings is 1. The van der Waals surface area contributed by atoms with E-state index >= 15 is 0 Å². The Bertz CT molecular complexity index is 453. The van der Waals surface area contributed by atoms with Crippen molar-refractivity contribution < 1.29 is 21.6 Å². The molecule has 0 radical (unpaired) electrons. The molecule has 0 spiro atoms. The zero-order valence-electron chi connectivity index (χ0n) is 7.67. The summed E-state index contributed by atoms with van der Waals surface area (Å²) in [4.78, 5) is -0.762. The van der Waals surface area contributed by atoms with Crippen LogP contribution in [0.3, 0.4) is 0 Å². The Hall–Kier alpha value is -1.24. The lowest BCUT2D eigenvalue weighted by Crippen LogP contribution is -2.23. The minimum absolute atomic E-state index is 0.306. The van der Waals surface area contributed by atoms with Gasteiger partial charge in [0.25, 0.3) is 9.84 Å².